The van der Waals surface area contributed by atoms with Crippen LogP contribution in [-0.4, -0.2) is 24.6 Å². The lowest BCUT2D eigenvalue weighted by molar-refractivity contribution is -0.384. The molecule has 0 atom stereocenters. The monoisotopic (exact) mass is 226 g/mol. The number of nitrogens with two attached hydrogens (primary N) is 1. The minimum atomic E-state index is -0.625. The zero-order valence-corrected chi connectivity index (χ0v) is 8.50. The molecule has 0 fully saturated rings. The van der Waals surface area contributed by atoms with Gasteiger partial charge in [-0.05, 0) is 12.1 Å². The van der Waals surface area contributed by atoms with E-state index in [1.165, 1.54) is 19.2 Å². The summed E-state index contributed by atoms with van der Waals surface area (Å²) in [6.07, 6.45) is 0. The van der Waals surface area contributed by atoms with Crippen molar-refractivity contribution >= 4 is 17.3 Å². The molecule has 0 saturated carbocycles. The molecule has 1 aromatic rings. The summed E-state index contributed by atoms with van der Waals surface area (Å²) < 4.78 is 9.32. The number of carbonyl (C=O) groups excluding carboxylic acids is 1. The van der Waals surface area contributed by atoms with Crippen LogP contribution in [0.25, 0.3) is 0 Å². The fraction of sp³-hybridized carbons (Fsp3) is 0.222. The van der Waals surface area contributed by atoms with Crippen molar-refractivity contribution in [2.75, 3.05) is 19.5 Å². The summed E-state index contributed by atoms with van der Waals surface area (Å²) in [5.41, 5.74) is 5.16. The maximum absolute atomic E-state index is 10.8. The summed E-state index contributed by atoms with van der Waals surface area (Å²) in [6, 6.07) is 3.92. The molecule has 0 radical (unpaired) electrons. The van der Waals surface area contributed by atoms with E-state index in [-0.39, 0.29) is 23.7 Å². The van der Waals surface area contributed by atoms with Gasteiger partial charge in [0.2, 0.25) is 0 Å². The number of ether oxygens (including phenoxy) is 2. The summed E-state index contributed by atoms with van der Waals surface area (Å²) >= 11 is 0. The second-order valence-corrected chi connectivity index (χ2v) is 2.84. The Balaban J connectivity index is 2.79. The Morgan fingerprint density at radius 2 is 2.25 bits per heavy atom. The number of carbonyl (C=O) groups is 1. The van der Waals surface area contributed by atoms with Gasteiger partial charge in [0.15, 0.2) is 6.61 Å². The number of nitrogens with zero attached hydrogens (tertiary/aromatic N) is 1. The van der Waals surface area contributed by atoms with Gasteiger partial charge in [0.1, 0.15) is 11.4 Å². The van der Waals surface area contributed by atoms with E-state index in [4.69, 9.17) is 10.5 Å². The van der Waals surface area contributed by atoms with Crippen LogP contribution in [-0.2, 0) is 9.53 Å². The highest BCUT2D eigenvalue weighted by Crippen LogP contribution is 2.26. The molecule has 0 aromatic heterocycles. The molecule has 0 aliphatic carbocycles. The van der Waals surface area contributed by atoms with E-state index < -0.39 is 10.9 Å². The van der Waals surface area contributed by atoms with Gasteiger partial charge in [0.25, 0.3) is 5.69 Å². The minimum Gasteiger partial charge on any atom is -0.482 e. The molecule has 86 valence electrons. The molecular weight excluding hydrogens is 216 g/mol. The van der Waals surface area contributed by atoms with Crippen LogP contribution in [0.3, 0.4) is 0 Å². The molecular formula is C9H10N2O5. The molecule has 0 unspecified atom stereocenters. The summed E-state index contributed by atoms with van der Waals surface area (Å²) in [5, 5.41) is 10.5. The molecule has 0 spiro atoms. The normalized spacial score (nSPS) is 9.56. The minimum absolute atomic E-state index is 0.0374. The SMILES string of the molecule is COC(=O)COc1ccc(N)c([N+](=O)[O-])c1. The lowest BCUT2D eigenvalue weighted by Crippen LogP contribution is -2.12. The third-order valence-electron chi connectivity index (χ3n) is 1.78. The first-order chi connectivity index (χ1) is 7.54. The van der Waals surface area contributed by atoms with Crippen molar-refractivity contribution in [2.24, 2.45) is 0 Å². The number of esters is 1. The molecule has 1 rings (SSSR count). The summed E-state index contributed by atoms with van der Waals surface area (Å²) in [7, 11) is 1.22. The quantitative estimate of drug-likeness (QED) is 0.351. The second kappa shape index (κ2) is 4.96. The van der Waals surface area contributed by atoms with E-state index in [2.05, 4.69) is 4.74 Å². The zero-order valence-electron chi connectivity index (χ0n) is 8.50. The molecule has 16 heavy (non-hydrogen) atoms. The third-order valence-corrected chi connectivity index (χ3v) is 1.78. The van der Waals surface area contributed by atoms with Crippen molar-refractivity contribution < 1.29 is 19.2 Å². The molecule has 2 N–H and O–H groups in total. The van der Waals surface area contributed by atoms with Gasteiger partial charge in [-0.15, -0.1) is 0 Å². The van der Waals surface area contributed by atoms with Gasteiger partial charge in [-0.3, -0.25) is 10.1 Å². The molecule has 0 amide bonds. The van der Waals surface area contributed by atoms with Gasteiger partial charge >= 0.3 is 5.97 Å². The van der Waals surface area contributed by atoms with Gasteiger partial charge < -0.3 is 15.2 Å². The molecule has 1 aromatic carbocycles. The number of rotatable bonds is 4. The lowest BCUT2D eigenvalue weighted by atomic mass is 10.2. The molecule has 7 nitrogen and oxygen atoms in total. The predicted molar refractivity (Wildman–Crippen MR) is 55.0 cm³/mol. The Bertz CT molecular complexity index is 418. The molecule has 0 aliphatic heterocycles. The van der Waals surface area contributed by atoms with Crippen LogP contribution in [0.4, 0.5) is 11.4 Å². The van der Waals surface area contributed by atoms with Gasteiger partial charge in [0, 0.05) is 0 Å². The molecule has 0 aliphatic rings. The van der Waals surface area contributed by atoms with Crippen molar-refractivity contribution in [1.29, 1.82) is 0 Å². The summed E-state index contributed by atoms with van der Waals surface area (Å²) in [4.78, 5) is 20.7. The Morgan fingerprint density at radius 3 is 2.81 bits per heavy atom. The van der Waals surface area contributed by atoms with Crippen molar-refractivity contribution in [3.63, 3.8) is 0 Å². The van der Waals surface area contributed by atoms with Gasteiger partial charge in [-0.1, -0.05) is 0 Å². The van der Waals surface area contributed by atoms with E-state index in [1.807, 2.05) is 0 Å². The number of methoxy groups -OCH3 is 1. The number of hydrogen-bond donors (Lipinski definition) is 1. The van der Waals surface area contributed by atoms with Gasteiger partial charge in [-0.25, -0.2) is 4.79 Å². The smallest absolute Gasteiger partial charge is 0.343 e. The fourth-order valence-electron chi connectivity index (χ4n) is 0.973. The summed E-state index contributed by atoms with van der Waals surface area (Å²) in [5.74, 6) is -0.384. The largest absolute Gasteiger partial charge is 0.482 e. The van der Waals surface area contributed by atoms with E-state index >= 15 is 0 Å². The van der Waals surface area contributed by atoms with Crippen molar-refractivity contribution in [2.45, 2.75) is 0 Å². The van der Waals surface area contributed by atoms with Crippen molar-refractivity contribution in [1.82, 2.24) is 0 Å². The predicted octanol–water partition coefficient (Wildman–Crippen LogP) is 0.729. The number of anilines is 1. The first kappa shape index (κ1) is 11.8. The van der Waals surface area contributed by atoms with E-state index in [9.17, 15) is 14.9 Å². The average molecular weight is 226 g/mol. The highest BCUT2D eigenvalue weighted by atomic mass is 16.6. The van der Waals surface area contributed by atoms with Gasteiger partial charge in [0.05, 0.1) is 18.1 Å². The number of nitrogen functional groups attached to an aromatic ring is 1. The van der Waals surface area contributed by atoms with Crippen LogP contribution in [0, 0.1) is 10.1 Å². The van der Waals surface area contributed by atoms with E-state index in [1.54, 1.807) is 0 Å². The molecule has 0 heterocycles. The van der Waals surface area contributed by atoms with Gasteiger partial charge in [-0.2, -0.15) is 0 Å². The van der Waals surface area contributed by atoms with Crippen LogP contribution >= 0.6 is 0 Å². The first-order valence-electron chi connectivity index (χ1n) is 4.28. The van der Waals surface area contributed by atoms with Crippen LogP contribution < -0.4 is 10.5 Å². The Kier molecular flexibility index (Phi) is 3.65. The summed E-state index contributed by atoms with van der Waals surface area (Å²) in [6.45, 7) is -0.308. The highest BCUT2D eigenvalue weighted by Gasteiger charge is 2.13. The number of nitro benzene ring substituents is 1. The van der Waals surface area contributed by atoms with E-state index in [0.717, 1.165) is 6.07 Å². The first-order valence-corrected chi connectivity index (χ1v) is 4.28. The van der Waals surface area contributed by atoms with Crippen molar-refractivity contribution in [3.8, 4) is 5.75 Å². The molecule has 0 saturated heterocycles. The topological polar surface area (TPSA) is 105 Å². The average Bonchev–Trinajstić information content (AvgIpc) is 2.27. The maximum atomic E-state index is 10.8. The fourth-order valence-corrected chi connectivity index (χ4v) is 0.973. The standard InChI is InChI=1S/C9H10N2O5/c1-15-9(12)5-16-6-2-3-7(10)8(4-6)11(13)14/h2-4H,5,10H2,1H3. The Morgan fingerprint density at radius 1 is 1.56 bits per heavy atom. The second-order valence-electron chi connectivity index (χ2n) is 2.84. The number of nitro groups is 1. The zero-order chi connectivity index (χ0) is 12.1. The Labute approximate surface area is 90.9 Å². The van der Waals surface area contributed by atoms with Crippen LogP contribution in [0.2, 0.25) is 0 Å². The molecule has 0 bridgehead atoms. The number of benzene rings is 1. The Hall–Kier alpha value is -2.31. The van der Waals surface area contributed by atoms with Crippen LogP contribution in [0.1, 0.15) is 0 Å². The lowest BCUT2D eigenvalue weighted by Gasteiger charge is -2.05. The number of hydrogen-bond acceptors (Lipinski definition) is 6. The molecule has 7 heteroatoms. The van der Waals surface area contributed by atoms with Crippen LogP contribution in [0.5, 0.6) is 5.75 Å². The van der Waals surface area contributed by atoms with E-state index in [0.29, 0.717) is 0 Å². The van der Waals surface area contributed by atoms with Crippen molar-refractivity contribution in [3.05, 3.63) is 28.3 Å². The highest BCUT2D eigenvalue weighted by molar-refractivity contribution is 5.71. The van der Waals surface area contributed by atoms with Crippen LogP contribution in [0.15, 0.2) is 18.2 Å². The third kappa shape index (κ3) is 2.84. The maximum Gasteiger partial charge on any atom is 0.343 e.